The van der Waals surface area contributed by atoms with Crippen LogP contribution < -0.4 is 5.32 Å². The first-order chi connectivity index (χ1) is 8.81. The third-order valence-electron chi connectivity index (χ3n) is 4.18. The molecule has 0 amide bonds. The lowest BCUT2D eigenvalue weighted by Crippen LogP contribution is -2.25. The van der Waals surface area contributed by atoms with E-state index in [-0.39, 0.29) is 0 Å². The maximum Gasteiger partial charge on any atom is 0.0925 e. The quantitative estimate of drug-likeness (QED) is 0.841. The van der Waals surface area contributed by atoms with Crippen LogP contribution in [0, 0.1) is 11.8 Å². The Bertz CT molecular complexity index is 340. The lowest BCUT2D eigenvalue weighted by Gasteiger charge is -2.27. The van der Waals surface area contributed by atoms with Crippen LogP contribution in [0.1, 0.15) is 55.8 Å². The predicted octanol–water partition coefficient (Wildman–Crippen LogP) is 4.01. The maximum absolute atomic E-state index is 4.40. The minimum Gasteiger partial charge on any atom is -0.312 e. The standard InChI is InChI=1S/C15H26N2S/c1-3-12-5-7-13(8-6-12)9-16-10-14-11-17-15(4-2)18-14/h11-13,16H,3-10H2,1-2H3. The van der Waals surface area contributed by atoms with Gasteiger partial charge in [0.05, 0.1) is 5.01 Å². The average molecular weight is 266 g/mol. The van der Waals surface area contributed by atoms with Crippen LogP contribution in [0.15, 0.2) is 6.20 Å². The number of nitrogens with one attached hydrogen (secondary N) is 1. The Morgan fingerprint density at radius 1 is 1.22 bits per heavy atom. The summed E-state index contributed by atoms with van der Waals surface area (Å²) >= 11 is 1.85. The van der Waals surface area contributed by atoms with Crippen molar-refractivity contribution in [1.29, 1.82) is 0 Å². The van der Waals surface area contributed by atoms with Crippen LogP contribution in [0.4, 0.5) is 0 Å². The van der Waals surface area contributed by atoms with Crippen LogP contribution >= 0.6 is 11.3 Å². The fraction of sp³-hybridized carbons (Fsp3) is 0.800. The van der Waals surface area contributed by atoms with Gasteiger partial charge in [-0.15, -0.1) is 11.3 Å². The van der Waals surface area contributed by atoms with E-state index in [2.05, 4.69) is 24.1 Å². The minimum atomic E-state index is 0.909. The second-order valence-electron chi connectivity index (χ2n) is 5.50. The summed E-state index contributed by atoms with van der Waals surface area (Å²) in [5, 5.41) is 4.87. The molecule has 1 heterocycles. The van der Waals surface area contributed by atoms with Crippen LogP contribution in [0.25, 0.3) is 0 Å². The molecule has 0 radical (unpaired) electrons. The summed E-state index contributed by atoms with van der Waals surface area (Å²) in [6.45, 7) is 6.70. The van der Waals surface area contributed by atoms with Gasteiger partial charge in [0, 0.05) is 17.6 Å². The van der Waals surface area contributed by atoms with Crippen LogP contribution in [0.2, 0.25) is 0 Å². The van der Waals surface area contributed by atoms with Crippen LogP contribution in [-0.2, 0) is 13.0 Å². The van der Waals surface area contributed by atoms with Gasteiger partial charge in [0.25, 0.3) is 0 Å². The predicted molar refractivity (Wildman–Crippen MR) is 78.9 cm³/mol. The Kier molecular flexibility index (Phi) is 5.64. The Morgan fingerprint density at radius 3 is 2.56 bits per heavy atom. The molecule has 0 saturated heterocycles. The smallest absolute Gasteiger partial charge is 0.0925 e. The summed E-state index contributed by atoms with van der Waals surface area (Å²) in [5.74, 6) is 1.92. The van der Waals surface area contributed by atoms with Crippen molar-refractivity contribution in [3.05, 3.63) is 16.1 Å². The average Bonchev–Trinajstić information content (AvgIpc) is 2.87. The normalized spacial score (nSPS) is 24.3. The summed E-state index contributed by atoms with van der Waals surface area (Å²) in [7, 11) is 0. The topological polar surface area (TPSA) is 24.9 Å². The van der Waals surface area contributed by atoms with E-state index in [1.807, 2.05) is 17.5 Å². The van der Waals surface area contributed by atoms with Gasteiger partial charge in [-0.2, -0.15) is 0 Å². The molecule has 1 aliphatic rings. The highest BCUT2D eigenvalue weighted by molar-refractivity contribution is 7.11. The Hall–Kier alpha value is -0.410. The van der Waals surface area contributed by atoms with Gasteiger partial charge in [-0.3, -0.25) is 0 Å². The number of thiazole rings is 1. The molecule has 0 aliphatic heterocycles. The molecule has 0 atom stereocenters. The molecule has 0 aromatic carbocycles. The zero-order chi connectivity index (χ0) is 12.8. The number of hydrogen-bond acceptors (Lipinski definition) is 3. The first kappa shape index (κ1) is 14.0. The molecule has 1 saturated carbocycles. The third kappa shape index (κ3) is 4.06. The van der Waals surface area contributed by atoms with E-state index in [4.69, 9.17) is 0 Å². The van der Waals surface area contributed by atoms with Crippen molar-refractivity contribution in [3.8, 4) is 0 Å². The van der Waals surface area contributed by atoms with Gasteiger partial charge >= 0.3 is 0 Å². The summed E-state index contributed by atoms with van der Waals surface area (Å²) < 4.78 is 0. The molecule has 0 spiro atoms. The third-order valence-corrected chi connectivity index (χ3v) is 5.32. The van der Waals surface area contributed by atoms with Crippen molar-refractivity contribution in [1.82, 2.24) is 10.3 Å². The van der Waals surface area contributed by atoms with Crippen molar-refractivity contribution in [2.24, 2.45) is 11.8 Å². The molecule has 102 valence electrons. The Balaban J connectivity index is 1.63. The highest BCUT2D eigenvalue weighted by Gasteiger charge is 2.19. The fourth-order valence-corrected chi connectivity index (χ4v) is 3.67. The van der Waals surface area contributed by atoms with Gasteiger partial charge < -0.3 is 5.32 Å². The fourth-order valence-electron chi connectivity index (χ4n) is 2.84. The van der Waals surface area contributed by atoms with E-state index < -0.39 is 0 Å². The summed E-state index contributed by atoms with van der Waals surface area (Å²) in [4.78, 5) is 5.78. The zero-order valence-corrected chi connectivity index (χ0v) is 12.6. The second-order valence-corrected chi connectivity index (χ2v) is 6.70. The molecule has 0 bridgehead atoms. The number of nitrogens with zero attached hydrogens (tertiary/aromatic N) is 1. The van der Waals surface area contributed by atoms with Gasteiger partial charge in [-0.05, 0) is 37.6 Å². The highest BCUT2D eigenvalue weighted by Crippen LogP contribution is 2.30. The van der Waals surface area contributed by atoms with E-state index in [9.17, 15) is 0 Å². The van der Waals surface area contributed by atoms with Gasteiger partial charge in [0.15, 0.2) is 0 Å². The number of hydrogen-bond donors (Lipinski definition) is 1. The SMILES string of the molecule is CCc1ncc(CNCC2CCC(CC)CC2)s1. The van der Waals surface area contributed by atoms with Crippen molar-refractivity contribution < 1.29 is 0 Å². The molecule has 2 rings (SSSR count). The molecular formula is C15H26N2S. The largest absolute Gasteiger partial charge is 0.312 e. The zero-order valence-electron chi connectivity index (χ0n) is 11.7. The second kappa shape index (κ2) is 7.25. The number of aromatic nitrogens is 1. The maximum atomic E-state index is 4.40. The van der Waals surface area contributed by atoms with Crippen molar-refractivity contribution >= 4 is 11.3 Å². The molecule has 1 aromatic rings. The van der Waals surface area contributed by atoms with E-state index in [0.717, 1.165) is 24.8 Å². The van der Waals surface area contributed by atoms with Crippen molar-refractivity contribution in [3.63, 3.8) is 0 Å². The van der Waals surface area contributed by atoms with Gasteiger partial charge in [-0.1, -0.05) is 33.1 Å². The van der Waals surface area contributed by atoms with Gasteiger partial charge in [0.1, 0.15) is 0 Å². The van der Waals surface area contributed by atoms with Crippen molar-refractivity contribution in [2.45, 2.75) is 58.9 Å². The summed E-state index contributed by atoms with van der Waals surface area (Å²) in [6.07, 6.45) is 10.2. The monoisotopic (exact) mass is 266 g/mol. The highest BCUT2D eigenvalue weighted by atomic mass is 32.1. The molecule has 1 fully saturated rings. The van der Waals surface area contributed by atoms with Gasteiger partial charge in [-0.25, -0.2) is 4.98 Å². The Labute approximate surface area is 115 Å². The lowest BCUT2D eigenvalue weighted by molar-refractivity contribution is 0.262. The van der Waals surface area contributed by atoms with Gasteiger partial charge in [0.2, 0.25) is 0 Å². The Morgan fingerprint density at radius 2 is 1.94 bits per heavy atom. The molecule has 1 aliphatic carbocycles. The van der Waals surface area contributed by atoms with E-state index in [1.54, 1.807) is 0 Å². The minimum absolute atomic E-state index is 0.909. The number of aryl methyl sites for hydroxylation is 1. The first-order valence-electron chi connectivity index (χ1n) is 7.46. The molecule has 18 heavy (non-hydrogen) atoms. The molecule has 3 heteroatoms. The molecule has 0 unspecified atom stereocenters. The molecule has 2 nitrogen and oxygen atoms in total. The summed E-state index contributed by atoms with van der Waals surface area (Å²) in [5.41, 5.74) is 0. The lowest BCUT2D eigenvalue weighted by atomic mass is 9.81. The van der Waals surface area contributed by atoms with E-state index in [1.165, 1.54) is 48.5 Å². The molecule has 1 aromatic heterocycles. The van der Waals surface area contributed by atoms with Crippen LogP contribution in [0.5, 0.6) is 0 Å². The molecular weight excluding hydrogens is 240 g/mol. The van der Waals surface area contributed by atoms with Crippen LogP contribution in [0.3, 0.4) is 0 Å². The van der Waals surface area contributed by atoms with Crippen LogP contribution in [-0.4, -0.2) is 11.5 Å². The van der Waals surface area contributed by atoms with E-state index in [0.29, 0.717) is 0 Å². The summed E-state index contributed by atoms with van der Waals surface area (Å²) in [6, 6.07) is 0. The molecule has 1 N–H and O–H groups in total. The first-order valence-corrected chi connectivity index (χ1v) is 8.27. The number of rotatable bonds is 6. The van der Waals surface area contributed by atoms with E-state index >= 15 is 0 Å². The van der Waals surface area contributed by atoms with Crippen molar-refractivity contribution in [2.75, 3.05) is 6.54 Å².